The van der Waals surface area contributed by atoms with E-state index in [9.17, 15) is 22.4 Å². The maximum Gasteiger partial charge on any atom is 0.389 e. The number of benzene rings is 1. The molecule has 0 aliphatic carbocycles. The Kier molecular flexibility index (Phi) is 4.47. The third-order valence-electron chi connectivity index (χ3n) is 4.22. The van der Waals surface area contributed by atoms with Gasteiger partial charge >= 0.3 is 6.18 Å². The highest BCUT2D eigenvalue weighted by Crippen LogP contribution is 2.32. The first-order valence-corrected chi connectivity index (χ1v) is 7.85. The van der Waals surface area contributed by atoms with Crippen molar-refractivity contribution in [2.45, 2.75) is 44.3 Å². The third-order valence-corrected chi connectivity index (χ3v) is 4.22. The van der Waals surface area contributed by atoms with Gasteiger partial charge in [-0.2, -0.15) is 13.2 Å². The van der Waals surface area contributed by atoms with Crippen LogP contribution in [0.15, 0.2) is 18.2 Å². The number of carbonyl (C=O) groups excluding carboxylic acids is 1. The van der Waals surface area contributed by atoms with Gasteiger partial charge in [-0.1, -0.05) is 0 Å². The number of carbonyl (C=O) groups is 1. The topological polar surface area (TPSA) is 49.0 Å². The lowest BCUT2D eigenvalue weighted by atomic mass is 10.0. The summed E-state index contributed by atoms with van der Waals surface area (Å²) in [6, 6.07) is 3.74. The first kappa shape index (κ1) is 16.7. The van der Waals surface area contributed by atoms with Crippen molar-refractivity contribution in [1.82, 2.24) is 14.9 Å². The van der Waals surface area contributed by atoms with E-state index in [1.54, 1.807) is 0 Å². The molecule has 1 saturated heterocycles. The number of hydrogen-bond donors (Lipinski definition) is 1. The second-order valence-electron chi connectivity index (χ2n) is 6.00. The largest absolute Gasteiger partial charge is 0.389 e. The fourth-order valence-corrected chi connectivity index (χ4v) is 3.07. The number of amides is 1. The number of piperidine rings is 1. The number of nitrogens with zero attached hydrogens (tertiary/aromatic N) is 2. The van der Waals surface area contributed by atoms with E-state index in [4.69, 9.17) is 0 Å². The quantitative estimate of drug-likeness (QED) is 0.853. The van der Waals surface area contributed by atoms with Crippen LogP contribution in [0.3, 0.4) is 0 Å². The van der Waals surface area contributed by atoms with Crippen molar-refractivity contribution >= 4 is 16.9 Å². The van der Waals surface area contributed by atoms with Gasteiger partial charge in [-0.25, -0.2) is 9.37 Å². The second kappa shape index (κ2) is 6.41. The molecular formula is C16H17F4N3O. The molecule has 0 bridgehead atoms. The van der Waals surface area contributed by atoms with Gasteiger partial charge in [-0.3, -0.25) is 4.79 Å². The number of aromatic nitrogens is 2. The van der Waals surface area contributed by atoms with Crippen LogP contribution in [0.25, 0.3) is 11.0 Å². The minimum atomic E-state index is -4.35. The van der Waals surface area contributed by atoms with E-state index in [1.165, 1.54) is 23.1 Å². The lowest BCUT2D eigenvalue weighted by Crippen LogP contribution is -2.39. The maximum atomic E-state index is 13.3. The number of aromatic amines is 1. The van der Waals surface area contributed by atoms with Gasteiger partial charge in [0.25, 0.3) is 0 Å². The second-order valence-corrected chi connectivity index (χ2v) is 6.00. The Bertz CT molecular complexity index is 740. The number of likely N-dealkylation sites (tertiary alicyclic amines) is 1. The highest BCUT2D eigenvalue weighted by Gasteiger charge is 2.33. The molecule has 8 heteroatoms. The standard InChI is InChI=1S/C16H17F4N3O/c17-10-4-5-11-12(9-10)22-15(21-11)13-3-1-2-8-23(13)14(24)6-7-16(18,19)20/h4-5,9,13H,1-3,6-8H2,(H,21,22)/t13-/m0/s1. The SMILES string of the molecule is O=C(CCC(F)(F)F)N1CCCC[C@H]1c1nc2ccc(F)cc2[nH]1. The third kappa shape index (κ3) is 3.68. The van der Waals surface area contributed by atoms with Crippen LogP contribution >= 0.6 is 0 Å². The van der Waals surface area contributed by atoms with Crippen molar-refractivity contribution in [3.63, 3.8) is 0 Å². The van der Waals surface area contributed by atoms with E-state index >= 15 is 0 Å². The summed E-state index contributed by atoms with van der Waals surface area (Å²) < 4.78 is 50.4. The Balaban J connectivity index is 1.81. The fraction of sp³-hybridized carbons (Fsp3) is 0.500. The van der Waals surface area contributed by atoms with Crippen LogP contribution in [0.5, 0.6) is 0 Å². The summed E-state index contributed by atoms with van der Waals surface area (Å²) in [6.07, 6.45) is -3.80. The molecule has 24 heavy (non-hydrogen) atoms. The zero-order chi connectivity index (χ0) is 17.3. The first-order chi connectivity index (χ1) is 11.3. The van der Waals surface area contributed by atoms with E-state index in [2.05, 4.69) is 9.97 Å². The molecule has 130 valence electrons. The molecule has 1 amide bonds. The summed E-state index contributed by atoms with van der Waals surface area (Å²) in [5.74, 6) is -0.432. The average molecular weight is 343 g/mol. The average Bonchev–Trinajstić information content (AvgIpc) is 2.94. The van der Waals surface area contributed by atoms with Crippen molar-refractivity contribution in [3.8, 4) is 0 Å². The van der Waals surface area contributed by atoms with Crippen molar-refractivity contribution in [2.24, 2.45) is 0 Å². The molecule has 0 saturated carbocycles. The van der Waals surface area contributed by atoms with Gasteiger partial charge in [0.05, 0.1) is 23.5 Å². The van der Waals surface area contributed by atoms with Crippen LogP contribution < -0.4 is 0 Å². The van der Waals surface area contributed by atoms with Gasteiger partial charge in [0.1, 0.15) is 11.6 Å². The van der Waals surface area contributed by atoms with Crippen LogP contribution in [0, 0.1) is 5.82 Å². The van der Waals surface area contributed by atoms with E-state index in [0.29, 0.717) is 29.8 Å². The summed E-state index contributed by atoms with van der Waals surface area (Å²) in [5, 5.41) is 0. The Hall–Kier alpha value is -2.12. The molecule has 0 unspecified atom stereocenters. The van der Waals surface area contributed by atoms with Crippen LogP contribution in [-0.2, 0) is 4.79 Å². The number of halogens is 4. The molecule has 1 N–H and O–H groups in total. The molecule has 4 nitrogen and oxygen atoms in total. The molecule has 1 aliphatic heterocycles. The predicted octanol–water partition coefficient (Wildman–Crippen LogP) is 4.10. The molecule has 0 radical (unpaired) electrons. The maximum absolute atomic E-state index is 13.3. The van der Waals surface area contributed by atoms with E-state index in [0.717, 1.165) is 12.8 Å². The van der Waals surface area contributed by atoms with Crippen LogP contribution in [-0.4, -0.2) is 33.5 Å². The number of hydrogen-bond acceptors (Lipinski definition) is 2. The number of H-pyrrole nitrogens is 1. The van der Waals surface area contributed by atoms with Gasteiger partial charge in [-0.05, 0) is 37.5 Å². The molecule has 1 aliphatic rings. The summed E-state index contributed by atoms with van der Waals surface area (Å²) in [4.78, 5) is 21.1. The number of fused-ring (bicyclic) bond motifs is 1. The van der Waals surface area contributed by atoms with Crippen LogP contribution in [0.1, 0.15) is 44.0 Å². The van der Waals surface area contributed by atoms with Crippen molar-refractivity contribution in [3.05, 3.63) is 29.8 Å². The Morgan fingerprint density at radius 1 is 1.33 bits per heavy atom. The lowest BCUT2D eigenvalue weighted by Gasteiger charge is -2.34. The Morgan fingerprint density at radius 2 is 2.12 bits per heavy atom. The van der Waals surface area contributed by atoms with Gasteiger partial charge in [0.15, 0.2) is 0 Å². The van der Waals surface area contributed by atoms with E-state index in [-0.39, 0.29) is 0 Å². The normalized spacial score (nSPS) is 19.0. The molecule has 1 aromatic carbocycles. The number of imidazole rings is 1. The summed E-state index contributed by atoms with van der Waals surface area (Å²) >= 11 is 0. The van der Waals surface area contributed by atoms with Gasteiger partial charge < -0.3 is 9.88 Å². The van der Waals surface area contributed by atoms with Crippen LogP contribution in [0.4, 0.5) is 17.6 Å². The highest BCUT2D eigenvalue weighted by atomic mass is 19.4. The van der Waals surface area contributed by atoms with Crippen molar-refractivity contribution in [2.75, 3.05) is 6.54 Å². The molecule has 2 aromatic rings. The monoisotopic (exact) mass is 343 g/mol. The molecule has 1 aromatic heterocycles. The van der Waals surface area contributed by atoms with Gasteiger partial charge in [-0.15, -0.1) is 0 Å². The minimum Gasteiger partial charge on any atom is -0.340 e. The van der Waals surface area contributed by atoms with E-state index in [1.807, 2.05) is 0 Å². The summed E-state index contributed by atoms with van der Waals surface area (Å²) in [7, 11) is 0. The summed E-state index contributed by atoms with van der Waals surface area (Å²) in [5.41, 5.74) is 1.08. The first-order valence-electron chi connectivity index (χ1n) is 7.85. The Labute approximate surface area is 135 Å². The molecule has 2 heterocycles. The van der Waals surface area contributed by atoms with Crippen molar-refractivity contribution in [1.29, 1.82) is 0 Å². The molecular weight excluding hydrogens is 326 g/mol. The Morgan fingerprint density at radius 3 is 2.88 bits per heavy atom. The predicted molar refractivity (Wildman–Crippen MR) is 79.6 cm³/mol. The highest BCUT2D eigenvalue weighted by molar-refractivity contribution is 5.78. The molecule has 1 atom stereocenters. The number of nitrogens with one attached hydrogen (secondary N) is 1. The fourth-order valence-electron chi connectivity index (χ4n) is 3.07. The molecule has 1 fully saturated rings. The van der Waals surface area contributed by atoms with E-state index < -0.39 is 36.8 Å². The van der Waals surface area contributed by atoms with Gasteiger partial charge in [0.2, 0.25) is 5.91 Å². The van der Waals surface area contributed by atoms with Crippen molar-refractivity contribution < 1.29 is 22.4 Å². The van der Waals surface area contributed by atoms with Gasteiger partial charge in [0, 0.05) is 13.0 Å². The number of rotatable bonds is 3. The smallest absolute Gasteiger partial charge is 0.340 e. The summed E-state index contributed by atoms with van der Waals surface area (Å²) in [6.45, 7) is 0.409. The molecule has 0 spiro atoms. The zero-order valence-corrected chi connectivity index (χ0v) is 12.9. The molecule has 3 rings (SSSR count). The number of alkyl halides is 3. The lowest BCUT2D eigenvalue weighted by molar-refractivity contribution is -0.151. The van der Waals surface area contributed by atoms with Crippen LogP contribution in [0.2, 0.25) is 0 Å². The minimum absolute atomic E-state index is 0.394. The zero-order valence-electron chi connectivity index (χ0n) is 12.9.